The van der Waals surface area contributed by atoms with Crippen molar-refractivity contribution in [2.75, 3.05) is 13.1 Å². The van der Waals surface area contributed by atoms with E-state index in [1.807, 2.05) is 0 Å². The van der Waals surface area contributed by atoms with E-state index in [1.165, 1.54) is 51.6 Å². The summed E-state index contributed by atoms with van der Waals surface area (Å²) in [6.07, 6.45) is 8.52. The van der Waals surface area contributed by atoms with Gasteiger partial charge in [-0.05, 0) is 56.9 Å². The van der Waals surface area contributed by atoms with Gasteiger partial charge in [0.1, 0.15) is 0 Å². The lowest BCUT2D eigenvalue weighted by Gasteiger charge is -2.35. The monoisotopic (exact) mass is 236 g/mol. The lowest BCUT2D eigenvalue weighted by Crippen LogP contribution is -2.46. The average Bonchev–Trinajstić information content (AvgIpc) is 2.88. The Kier molecular flexibility index (Phi) is 3.45. The molecular weight excluding hydrogens is 208 g/mol. The second kappa shape index (κ2) is 4.89. The zero-order valence-electron chi connectivity index (χ0n) is 11.5. The van der Waals surface area contributed by atoms with Gasteiger partial charge < -0.3 is 5.32 Å². The first-order valence-corrected chi connectivity index (χ1v) is 7.74. The van der Waals surface area contributed by atoms with E-state index in [0.717, 1.165) is 30.0 Å². The molecule has 2 aliphatic heterocycles. The molecule has 2 nitrogen and oxygen atoms in total. The fourth-order valence-corrected chi connectivity index (χ4v) is 4.28. The number of nitrogens with one attached hydrogen (secondary N) is 1. The molecule has 2 saturated heterocycles. The minimum atomic E-state index is 0.808. The Hall–Kier alpha value is -0.0800. The van der Waals surface area contributed by atoms with E-state index < -0.39 is 0 Å². The quantitative estimate of drug-likeness (QED) is 0.793. The van der Waals surface area contributed by atoms with Gasteiger partial charge in [-0.3, -0.25) is 4.90 Å². The lowest BCUT2D eigenvalue weighted by molar-refractivity contribution is 0.203. The minimum absolute atomic E-state index is 0.808. The summed E-state index contributed by atoms with van der Waals surface area (Å²) in [5.41, 5.74) is 0. The summed E-state index contributed by atoms with van der Waals surface area (Å²) in [4.78, 5) is 2.71. The molecule has 2 heterocycles. The molecule has 3 rings (SSSR count). The van der Waals surface area contributed by atoms with Crippen LogP contribution in [0.5, 0.6) is 0 Å². The van der Waals surface area contributed by atoms with Crippen LogP contribution in [0.1, 0.15) is 52.4 Å². The van der Waals surface area contributed by atoms with E-state index in [-0.39, 0.29) is 0 Å². The standard InChI is InChI=1S/C15H28N2/c1-11-5-6-13(10-12(11)2)16-14-7-9-17-8-3-4-15(14)17/h11-16H,3-10H2,1-2H3. The molecule has 0 amide bonds. The van der Waals surface area contributed by atoms with E-state index in [2.05, 4.69) is 24.1 Å². The van der Waals surface area contributed by atoms with Crippen molar-refractivity contribution in [3.63, 3.8) is 0 Å². The Labute approximate surface area is 106 Å². The van der Waals surface area contributed by atoms with Gasteiger partial charge in [-0.2, -0.15) is 0 Å². The summed E-state index contributed by atoms with van der Waals surface area (Å²) in [6, 6.07) is 2.50. The summed E-state index contributed by atoms with van der Waals surface area (Å²) < 4.78 is 0. The summed E-state index contributed by atoms with van der Waals surface area (Å²) in [5, 5.41) is 4.00. The summed E-state index contributed by atoms with van der Waals surface area (Å²) in [5.74, 6) is 1.86. The van der Waals surface area contributed by atoms with Gasteiger partial charge in [-0.25, -0.2) is 0 Å². The van der Waals surface area contributed by atoms with Crippen molar-refractivity contribution in [3.8, 4) is 0 Å². The highest BCUT2D eigenvalue weighted by atomic mass is 15.2. The Bertz CT molecular complexity index is 266. The SMILES string of the molecule is CC1CCC(NC2CCN3CCCC23)CC1C. The molecule has 0 aromatic rings. The Morgan fingerprint density at radius 3 is 2.65 bits per heavy atom. The molecule has 17 heavy (non-hydrogen) atoms. The molecule has 98 valence electrons. The highest BCUT2D eigenvalue weighted by Crippen LogP contribution is 2.32. The topological polar surface area (TPSA) is 15.3 Å². The molecule has 3 fully saturated rings. The number of hydrogen-bond donors (Lipinski definition) is 1. The van der Waals surface area contributed by atoms with Crippen LogP contribution in [0.2, 0.25) is 0 Å². The highest BCUT2D eigenvalue weighted by molar-refractivity contribution is 4.97. The first-order valence-electron chi connectivity index (χ1n) is 7.74. The molecule has 2 heteroatoms. The predicted molar refractivity (Wildman–Crippen MR) is 72.1 cm³/mol. The van der Waals surface area contributed by atoms with Gasteiger partial charge in [-0.15, -0.1) is 0 Å². The van der Waals surface area contributed by atoms with E-state index in [9.17, 15) is 0 Å². The first kappa shape index (κ1) is 12.0. The number of hydrogen-bond acceptors (Lipinski definition) is 2. The van der Waals surface area contributed by atoms with Gasteiger partial charge in [-0.1, -0.05) is 13.8 Å². The number of rotatable bonds is 2. The zero-order chi connectivity index (χ0) is 11.8. The largest absolute Gasteiger partial charge is 0.310 e. The van der Waals surface area contributed by atoms with Crippen LogP contribution in [-0.2, 0) is 0 Å². The van der Waals surface area contributed by atoms with Crippen molar-refractivity contribution < 1.29 is 0 Å². The molecule has 5 unspecified atom stereocenters. The molecule has 0 radical (unpaired) electrons. The first-order chi connectivity index (χ1) is 8.24. The van der Waals surface area contributed by atoms with E-state index in [0.29, 0.717) is 0 Å². The molecule has 1 saturated carbocycles. The molecule has 1 N–H and O–H groups in total. The van der Waals surface area contributed by atoms with Crippen molar-refractivity contribution >= 4 is 0 Å². The molecular formula is C15H28N2. The van der Waals surface area contributed by atoms with Gasteiger partial charge in [0.05, 0.1) is 0 Å². The summed E-state index contributed by atoms with van der Waals surface area (Å²) >= 11 is 0. The third-order valence-corrected chi connectivity index (χ3v) is 5.65. The highest BCUT2D eigenvalue weighted by Gasteiger charge is 2.38. The van der Waals surface area contributed by atoms with Crippen LogP contribution in [-0.4, -0.2) is 36.1 Å². The van der Waals surface area contributed by atoms with Crippen LogP contribution in [0.15, 0.2) is 0 Å². The van der Waals surface area contributed by atoms with Crippen molar-refractivity contribution in [1.29, 1.82) is 0 Å². The number of nitrogens with zero attached hydrogens (tertiary/aromatic N) is 1. The fourth-order valence-electron chi connectivity index (χ4n) is 4.28. The smallest absolute Gasteiger partial charge is 0.0250 e. The Balaban J connectivity index is 1.53. The number of fused-ring (bicyclic) bond motifs is 1. The maximum absolute atomic E-state index is 4.00. The maximum atomic E-state index is 4.00. The summed E-state index contributed by atoms with van der Waals surface area (Å²) in [6.45, 7) is 7.58. The zero-order valence-corrected chi connectivity index (χ0v) is 11.5. The third kappa shape index (κ3) is 2.39. The molecule has 3 aliphatic rings. The molecule has 0 aromatic carbocycles. The van der Waals surface area contributed by atoms with E-state index >= 15 is 0 Å². The van der Waals surface area contributed by atoms with Gasteiger partial charge in [0.15, 0.2) is 0 Å². The summed E-state index contributed by atoms with van der Waals surface area (Å²) in [7, 11) is 0. The molecule has 5 atom stereocenters. The second-order valence-corrected chi connectivity index (χ2v) is 6.77. The molecule has 1 aliphatic carbocycles. The normalized spacial score (nSPS) is 47.3. The van der Waals surface area contributed by atoms with Crippen LogP contribution >= 0.6 is 0 Å². The van der Waals surface area contributed by atoms with Gasteiger partial charge in [0.25, 0.3) is 0 Å². The van der Waals surface area contributed by atoms with Crippen LogP contribution in [0.3, 0.4) is 0 Å². The Morgan fingerprint density at radius 1 is 0.941 bits per heavy atom. The maximum Gasteiger partial charge on any atom is 0.0250 e. The van der Waals surface area contributed by atoms with Crippen molar-refractivity contribution in [3.05, 3.63) is 0 Å². The van der Waals surface area contributed by atoms with Crippen LogP contribution in [0, 0.1) is 11.8 Å². The lowest BCUT2D eigenvalue weighted by atomic mass is 9.79. The van der Waals surface area contributed by atoms with Gasteiger partial charge >= 0.3 is 0 Å². The molecule has 0 aromatic heterocycles. The van der Waals surface area contributed by atoms with E-state index in [4.69, 9.17) is 0 Å². The van der Waals surface area contributed by atoms with Crippen LogP contribution < -0.4 is 5.32 Å². The van der Waals surface area contributed by atoms with Gasteiger partial charge in [0.2, 0.25) is 0 Å². The minimum Gasteiger partial charge on any atom is -0.310 e. The Morgan fingerprint density at radius 2 is 1.82 bits per heavy atom. The second-order valence-electron chi connectivity index (χ2n) is 6.77. The van der Waals surface area contributed by atoms with Crippen LogP contribution in [0.25, 0.3) is 0 Å². The molecule has 0 bridgehead atoms. The fraction of sp³-hybridized carbons (Fsp3) is 1.00. The third-order valence-electron chi connectivity index (χ3n) is 5.65. The average molecular weight is 236 g/mol. The van der Waals surface area contributed by atoms with Crippen molar-refractivity contribution in [2.45, 2.75) is 70.5 Å². The van der Waals surface area contributed by atoms with Crippen molar-refractivity contribution in [1.82, 2.24) is 10.2 Å². The van der Waals surface area contributed by atoms with Crippen molar-refractivity contribution in [2.24, 2.45) is 11.8 Å². The van der Waals surface area contributed by atoms with Crippen LogP contribution in [0.4, 0.5) is 0 Å². The molecule has 0 spiro atoms. The van der Waals surface area contributed by atoms with Gasteiger partial charge in [0, 0.05) is 24.7 Å². The van der Waals surface area contributed by atoms with E-state index in [1.54, 1.807) is 0 Å². The predicted octanol–water partition coefficient (Wildman–Crippen LogP) is 2.64.